The summed E-state index contributed by atoms with van der Waals surface area (Å²) in [7, 11) is 2.15. The Hall–Kier alpha value is -1.26. The second-order valence-electron chi connectivity index (χ2n) is 4.75. The molecular formula is C14H23N3O. The molecule has 1 aromatic rings. The van der Waals surface area contributed by atoms with Gasteiger partial charge in [-0.25, -0.2) is 0 Å². The first-order chi connectivity index (χ1) is 8.76. The van der Waals surface area contributed by atoms with Crippen LogP contribution in [0, 0.1) is 0 Å². The van der Waals surface area contributed by atoms with Gasteiger partial charge in [0.05, 0.1) is 18.3 Å². The first kappa shape index (κ1) is 13.2. The molecule has 2 rings (SSSR count). The first-order valence-electron chi connectivity index (χ1n) is 6.63. The minimum atomic E-state index is 0.366. The molecule has 0 aromatic heterocycles. The van der Waals surface area contributed by atoms with E-state index in [9.17, 15) is 0 Å². The Kier molecular flexibility index (Phi) is 4.44. The van der Waals surface area contributed by atoms with Gasteiger partial charge in [-0.1, -0.05) is 12.1 Å². The SMILES string of the molecule is CCOc1ccccc1N1CCN(C)CC1CN. The van der Waals surface area contributed by atoms with Crippen LogP contribution in [-0.4, -0.2) is 50.8 Å². The summed E-state index contributed by atoms with van der Waals surface area (Å²) in [4.78, 5) is 4.71. The third-order valence-corrected chi connectivity index (χ3v) is 3.43. The molecule has 0 spiro atoms. The van der Waals surface area contributed by atoms with E-state index in [1.165, 1.54) is 5.69 Å². The zero-order valence-corrected chi connectivity index (χ0v) is 11.3. The van der Waals surface area contributed by atoms with Gasteiger partial charge < -0.3 is 20.3 Å². The summed E-state index contributed by atoms with van der Waals surface area (Å²) in [6.45, 7) is 6.46. The van der Waals surface area contributed by atoms with E-state index in [4.69, 9.17) is 10.5 Å². The summed E-state index contributed by atoms with van der Waals surface area (Å²) in [6.07, 6.45) is 0. The molecule has 0 aliphatic carbocycles. The fourth-order valence-electron chi connectivity index (χ4n) is 2.50. The fraction of sp³-hybridized carbons (Fsp3) is 0.571. The molecule has 1 fully saturated rings. The molecule has 0 bridgehead atoms. The van der Waals surface area contributed by atoms with E-state index in [0.29, 0.717) is 19.2 Å². The monoisotopic (exact) mass is 249 g/mol. The third-order valence-electron chi connectivity index (χ3n) is 3.43. The number of hydrogen-bond donors (Lipinski definition) is 1. The lowest BCUT2D eigenvalue weighted by Crippen LogP contribution is -2.55. The minimum absolute atomic E-state index is 0.366. The second-order valence-corrected chi connectivity index (χ2v) is 4.75. The molecule has 1 aromatic carbocycles. The quantitative estimate of drug-likeness (QED) is 0.869. The van der Waals surface area contributed by atoms with Crippen LogP contribution in [0.4, 0.5) is 5.69 Å². The van der Waals surface area contributed by atoms with Crippen molar-refractivity contribution in [3.05, 3.63) is 24.3 Å². The van der Waals surface area contributed by atoms with Gasteiger partial charge in [0.25, 0.3) is 0 Å². The maximum atomic E-state index is 5.91. The summed E-state index contributed by atoms with van der Waals surface area (Å²) in [6, 6.07) is 8.60. The molecule has 100 valence electrons. The van der Waals surface area contributed by atoms with Crippen LogP contribution in [0.3, 0.4) is 0 Å². The van der Waals surface area contributed by atoms with Crippen molar-refractivity contribution in [1.82, 2.24) is 4.90 Å². The minimum Gasteiger partial charge on any atom is -0.492 e. The van der Waals surface area contributed by atoms with Crippen molar-refractivity contribution in [2.45, 2.75) is 13.0 Å². The number of likely N-dealkylation sites (N-methyl/N-ethyl adjacent to an activating group) is 1. The lowest BCUT2D eigenvalue weighted by atomic mass is 10.1. The lowest BCUT2D eigenvalue weighted by molar-refractivity contribution is 0.267. The van der Waals surface area contributed by atoms with Gasteiger partial charge in [-0.15, -0.1) is 0 Å². The normalized spacial score (nSPS) is 21.1. The van der Waals surface area contributed by atoms with Crippen LogP contribution in [0.1, 0.15) is 6.92 Å². The highest BCUT2D eigenvalue weighted by Gasteiger charge is 2.26. The Morgan fingerprint density at radius 3 is 2.83 bits per heavy atom. The zero-order chi connectivity index (χ0) is 13.0. The Bertz CT molecular complexity index is 383. The highest BCUT2D eigenvalue weighted by Crippen LogP contribution is 2.30. The van der Waals surface area contributed by atoms with Crippen LogP contribution in [0.2, 0.25) is 0 Å². The standard InChI is InChI=1S/C14H23N3O/c1-3-18-14-7-5-4-6-13(14)17-9-8-16(2)11-12(17)10-15/h4-7,12H,3,8-11,15H2,1-2H3. The van der Waals surface area contributed by atoms with Crippen molar-refractivity contribution in [1.29, 1.82) is 0 Å². The fourth-order valence-corrected chi connectivity index (χ4v) is 2.50. The maximum absolute atomic E-state index is 5.91. The molecule has 1 unspecified atom stereocenters. The van der Waals surface area contributed by atoms with E-state index in [-0.39, 0.29) is 0 Å². The summed E-state index contributed by atoms with van der Waals surface area (Å²) in [5, 5.41) is 0. The molecule has 18 heavy (non-hydrogen) atoms. The number of rotatable bonds is 4. The van der Waals surface area contributed by atoms with Crippen molar-refractivity contribution < 1.29 is 4.74 Å². The van der Waals surface area contributed by atoms with E-state index >= 15 is 0 Å². The highest BCUT2D eigenvalue weighted by atomic mass is 16.5. The molecule has 1 heterocycles. The number of anilines is 1. The largest absolute Gasteiger partial charge is 0.492 e. The molecule has 0 radical (unpaired) electrons. The average Bonchev–Trinajstić information content (AvgIpc) is 2.40. The van der Waals surface area contributed by atoms with Gasteiger partial charge in [0.2, 0.25) is 0 Å². The Balaban J connectivity index is 2.23. The Labute approximate surface area is 109 Å². The first-order valence-corrected chi connectivity index (χ1v) is 6.63. The summed E-state index contributed by atoms with van der Waals surface area (Å²) >= 11 is 0. The number of benzene rings is 1. The second kappa shape index (κ2) is 6.07. The molecular weight excluding hydrogens is 226 g/mol. The Morgan fingerprint density at radius 2 is 2.11 bits per heavy atom. The van der Waals surface area contributed by atoms with E-state index in [1.54, 1.807) is 0 Å². The average molecular weight is 249 g/mol. The number of hydrogen-bond acceptors (Lipinski definition) is 4. The van der Waals surface area contributed by atoms with Gasteiger partial charge in [0.15, 0.2) is 0 Å². The molecule has 1 saturated heterocycles. The van der Waals surface area contributed by atoms with Crippen molar-refractivity contribution >= 4 is 5.69 Å². The third kappa shape index (κ3) is 2.76. The predicted octanol–water partition coefficient (Wildman–Crippen LogP) is 1.16. The van der Waals surface area contributed by atoms with Gasteiger partial charge in [-0.3, -0.25) is 0 Å². The predicted molar refractivity (Wildman–Crippen MR) is 75.3 cm³/mol. The van der Waals surface area contributed by atoms with Gasteiger partial charge in [0, 0.05) is 26.2 Å². The molecule has 4 nitrogen and oxygen atoms in total. The molecule has 1 aliphatic rings. The van der Waals surface area contributed by atoms with Crippen LogP contribution in [0.25, 0.3) is 0 Å². The molecule has 1 atom stereocenters. The molecule has 0 amide bonds. The van der Waals surface area contributed by atoms with Crippen LogP contribution < -0.4 is 15.4 Å². The van der Waals surface area contributed by atoms with E-state index in [0.717, 1.165) is 25.4 Å². The van der Waals surface area contributed by atoms with Gasteiger partial charge >= 0.3 is 0 Å². The smallest absolute Gasteiger partial charge is 0.142 e. The van der Waals surface area contributed by atoms with Crippen LogP contribution in [0.5, 0.6) is 5.75 Å². The summed E-state index contributed by atoms with van der Waals surface area (Å²) in [5.41, 5.74) is 7.08. The van der Waals surface area contributed by atoms with Crippen LogP contribution in [0.15, 0.2) is 24.3 Å². The topological polar surface area (TPSA) is 41.7 Å². The maximum Gasteiger partial charge on any atom is 0.142 e. The van der Waals surface area contributed by atoms with Crippen molar-refractivity contribution in [2.24, 2.45) is 5.73 Å². The van der Waals surface area contributed by atoms with Gasteiger partial charge in [0.1, 0.15) is 5.75 Å². The molecule has 2 N–H and O–H groups in total. The number of ether oxygens (including phenoxy) is 1. The van der Waals surface area contributed by atoms with E-state index < -0.39 is 0 Å². The number of nitrogens with two attached hydrogens (primary N) is 1. The van der Waals surface area contributed by atoms with Crippen LogP contribution >= 0.6 is 0 Å². The van der Waals surface area contributed by atoms with E-state index in [2.05, 4.69) is 29.0 Å². The lowest BCUT2D eigenvalue weighted by Gasteiger charge is -2.41. The van der Waals surface area contributed by atoms with E-state index in [1.807, 2.05) is 19.1 Å². The van der Waals surface area contributed by atoms with Crippen LogP contribution in [-0.2, 0) is 0 Å². The summed E-state index contributed by atoms with van der Waals surface area (Å²) < 4.78 is 5.71. The van der Waals surface area contributed by atoms with Crippen molar-refractivity contribution in [2.75, 3.05) is 44.7 Å². The number of piperazine rings is 1. The molecule has 0 saturated carbocycles. The number of para-hydroxylation sites is 2. The van der Waals surface area contributed by atoms with Crippen molar-refractivity contribution in [3.63, 3.8) is 0 Å². The Morgan fingerprint density at radius 1 is 1.33 bits per heavy atom. The van der Waals surface area contributed by atoms with Crippen molar-refractivity contribution in [3.8, 4) is 5.75 Å². The van der Waals surface area contributed by atoms with Gasteiger partial charge in [-0.05, 0) is 26.1 Å². The highest BCUT2D eigenvalue weighted by molar-refractivity contribution is 5.59. The zero-order valence-electron chi connectivity index (χ0n) is 11.3. The molecule has 4 heteroatoms. The number of nitrogens with zero attached hydrogens (tertiary/aromatic N) is 2. The summed E-state index contributed by atoms with van der Waals surface area (Å²) in [5.74, 6) is 0.961. The van der Waals surface area contributed by atoms with Gasteiger partial charge in [-0.2, -0.15) is 0 Å². The molecule has 1 aliphatic heterocycles.